The van der Waals surface area contributed by atoms with Crippen molar-refractivity contribution >= 4 is 16.9 Å². The van der Waals surface area contributed by atoms with Crippen molar-refractivity contribution in [1.29, 1.82) is 0 Å². The van der Waals surface area contributed by atoms with Gasteiger partial charge >= 0.3 is 0 Å². The molecule has 0 fully saturated rings. The predicted molar refractivity (Wildman–Crippen MR) is 81.4 cm³/mol. The molecule has 1 aromatic carbocycles. The largest absolute Gasteiger partial charge is 0.346 e. The van der Waals surface area contributed by atoms with Crippen LogP contribution in [0.3, 0.4) is 0 Å². The lowest BCUT2D eigenvalue weighted by atomic mass is 10.2. The lowest BCUT2D eigenvalue weighted by Gasteiger charge is -2.16. The SMILES string of the molecule is C=C(C)Cn1c([C@@H](C)NC(=O)CC)nc2ccccc21. The highest BCUT2D eigenvalue weighted by molar-refractivity contribution is 5.78. The van der Waals surface area contributed by atoms with Gasteiger partial charge in [0.25, 0.3) is 0 Å². The van der Waals surface area contributed by atoms with E-state index in [9.17, 15) is 4.79 Å². The number of para-hydroxylation sites is 2. The highest BCUT2D eigenvalue weighted by Crippen LogP contribution is 2.21. The molecule has 0 radical (unpaired) electrons. The maximum absolute atomic E-state index is 11.6. The molecule has 20 heavy (non-hydrogen) atoms. The van der Waals surface area contributed by atoms with Crippen LogP contribution in [0.4, 0.5) is 0 Å². The number of allylic oxidation sites excluding steroid dienone is 1. The monoisotopic (exact) mass is 271 g/mol. The Kier molecular flexibility index (Phi) is 4.23. The number of rotatable bonds is 5. The smallest absolute Gasteiger partial charge is 0.220 e. The van der Waals surface area contributed by atoms with Crippen LogP contribution in [0.5, 0.6) is 0 Å². The first-order valence-electron chi connectivity index (χ1n) is 6.91. The Bertz CT molecular complexity index is 642. The number of carbonyl (C=O) groups excluding carboxylic acids is 1. The maximum Gasteiger partial charge on any atom is 0.220 e. The maximum atomic E-state index is 11.6. The fraction of sp³-hybridized carbons (Fsp3) is 0.375. The Balaban J connectivity index is 2.45. The summed E-state index contributed by atoms with van der Waals surface area (Å²) in [5, 5.41) is 2.97. The van der Waals surface area contributed by atoms with Crippen molar-refractivity contribution in [2.24, 2.45) is 0 Å². The van der Waals surface area contributed by atoms with Crippen LogP contribution in [-0.2, 0) is 11.3 Å². The van der Waals surface area contributed by atoms with Crippen molar-refractivity contribution in [1.82, 2.24) is 14.9 Å². The summed E-state index contributed by atoms with van der Waals surface area (Å²) in [6, 6.07) is 7.89. The van der Waals surface area contributed by atoms with Gasteiger partial charge in [-0.15, -0.1) is 0 Å². The van der Waals surface area contributed by atoms with E-state index in [1.807, 2.05) is 45.0 Å². The third-order valence-electron chi connectivity index (χ3n) is 3.20. The number of benzene rings is 1. The second-order valence-corrected chi connectivity index (χ2v) is 5.14. The summed E-state index contributed by atoms with van der Waals surface area (Å²) in [5.41, 5.74) is 3.08. The summed E-state index contributed by atoms with van der Waals surface area (Å²) in [6.07, 6.45) is 0.477. The van der Waals surface area contributed by atoms with Crippen LogP contribution >= 0.6 is 0 Å². The molecule has 1 N–H and O–H groups in total. The van der Waals surface area contributed by atoms with Crippen LogP contribution in [0.1, 0.15) is 39.1 Å². The van der Waals surface area contributed by atoms with E-state index in [0.717, 1.165) is 22.4 Å². The highest BCUT2D eigenvalue weighted by Gasteiger charge is 2.17. The molecule has 0 unspecified atom stereocenters. The van der Waals surface area contributed by atoms with Gasteiger partial charge in [-0.3, -0.25) is 4.79 Å². The Morgan fingerprint density at radius 3 is 2.80 bits per heavy atom. The standard InChI is InChI=1S/C16H21N3O/c1-5-15(20)17-12(4)16-18-13-8-6-7-9-14(13)19(16)10-11(2)3/h6-9,12H,2,5,10H2,1,3-4H3,(H,17,20)/t12-/m1/s1. The van der Waals surface area contributed by atoms with Gasteiger partial charge < -0.3 is 9.88 Å². The van der Waals surface area contributed by atoms with Gasteiger partial charge in [-0.25, -0.2) is 4.98 Å². The summed E-state index contributed by atoms with van der Waals surface area (Å²) >= 11 is 0. The minimum atomic E-state index is -0.116. The van der Waals surface area contributed by atoms with Crippen molar-refractivity contribution in [3.05, 3.63) is 42.2 Å². The minimum absolute atomic E-state index is 0.0337. The molecule has 4 heteroatoms. The van der Waals surface area contributed by atoms with E-state index in [1.54, 1.807) is 0 Å². The van der Waals surface area contributed by atoms with Gasteiger partial charge in [0.1, 0.15) is 5.82 Å². The van der Waals surface area contributed by atoms with Crippen molar-refractivity contribution in [2.45, 2.75) is 39.8 Å². The molecule has 1 atom stereocenters. The van der Waals surface area contributed by atoms with E-state index < -0.39 is 0 Å². The number of hydrogen-bond donors (Lipinski definition) is 1. The number of hydrogen-bond acceptors (Lipinski definition) is 2. The van der Waals surface area contributed by atoms with Crippen LogP contribution in [0.25, 0.3) is 11.0 Å². The Hall–Kier alpha value is -2.10. The van der Waals surface area contributed by atoms with Gasteiger partial charge in [0.15, 0.2) is 0 Å². The zero-order valence-corrected chi connectivity index (χ0v) is 12.3. The Morgan fingerprint density at radius 1 is 1.45 bits per heavy atom. The van der Waals surface area contributed by atoms with Gasteiger partial charge in [0, 0.05) is 13.0 Å². The van der Waals surface area contributed by atoms with E-state index in [0.29, 0.717) is 13.0 Å². The predicted octanol–water partition coefficient (Wildman–Crippen LogP) is 3.20. The third-order valence-corrected chi connectivity index (χ3v) is 3.20. The molecule has 0 bridgehead atoms. The molecule has 106 valence electrons. The molecule has 2 rings (SSSR count). The molecular weight excluding hydrogens is 250 g/mol. The van der Waals surface area contributed by atoms with Crippen molar-refractivity contribution in [3.8, 4) is 0 Å². The van der Waals surface area contributed by atoms with Crippen LogP contribution < -0.4 is 5.32 Å². The molecule has 1 aromatic heterocycles. The Labute approximate surface area is 119 Å². The summed E-state index contributed by atoms with van der Waals surface area (Å²) in [7, 11) is 0. The van der Waals surface area contributed by atoms with E-state index in [-0.39, 0.29) is 11.9 Å². The first-order chi connectivity index (χ1) is 9.52. The van der Waals surface area contributed by atoms with Gasteiger partial charge in [0.2, 0.25) is 5.91 Å². The number of fused-ring (bicyclic) bond motifs is 1. The molecule has 1 heterocycles. The second kappa shape index (κ2) is 5.90. The molecule has 0 saturated carbocycles. The average Bonchev–Trinajstić information content (AvgIpc) is 2.77. The molecule has 4 nitrogen and oxygen atoms in total. The first-order valence-corrected chi connectivity index (χ1v) is 6.91. The zero-order valence-electron chi connectivity index (χ0n) is 12.3. The fourth-order valence-corrected chi connectivity index (χ4v) is 2.27. The van der Waals surface area contributed by atoms with Crippen LogP contribution in [-0.4, -0.2) is 15.5 Å². The summed E-state index contributed by atoms with van der Waals surface area (Å²) in [4.78, 5) is 16.2. The van der Waals surface area contributed by atoms with Crippen molar-refractivity contribution in [3.63, 3.8) is 0 Å². The normalized spacial score (nSPS) is 12.3. The summed E-state index contributed by atoms with van der Waals surface area (Å²) in [5.74, 6) is 0.905. The van der Waals surface area contributed by atoms with Gasteiger partial charge in [0.05, 0.1) is 17.1 Å². The summed E-state index contributed by atoms with van der Waals surface area (Å²) < 4.78 is 2.12. The van der Waals surface area contributed by atoms with E-state index in [2.05, 4.69) is 21.4 Å². The van der Waals surface area contributed by atoms with Crippen LogP contribution in [0.15, 0.2) is 36.4 Å². The Morgan fingerprint density at radius 2 is 2.15 bits per heavy atom. The average molecular weight is 271 g/mol. The second-order valence-electron chi connectivity index (χ2n) is 5.14. The van der Waals surface area contributed by atoms with Crippen LogP contribution in [0, 0.1) is 0 Å². The molecule has 2 aromatic rings. The van der Waals surface area contributed by atoms with Gasteiger partial charge in [-0.05, 0) is 26.0 Å². The molecular formula is C16H21N3O. The quantitative estimate of drug-likeness (QED) is 0.849. The van der Waals surface area contributed by atoms with Crippen LogP contribution in [0.2, 0.25) is 0 Å². The van der Waals surface area contributed by atoms with Crippen molar-refractivity contribution in [2.75, 3.05) is 0 Å². The van der Waals surface area contributed by atoms with E-state index in [4.69, 9.17) is 0 Å². The molecule has 0 aliphatic rings. The molecule has 0 aliphatic heterocycles. The number of amides is 1. The van der Waals surface area contributed by atoms with E-state index >= 15 is 0 Å². The first kappa shape index (κ1) is 14.3. The fourth-order valence-electron chi connectivity index (χ4n) is 2.27. The molecule has 0 spiro atoms. The van der Waals surface area contributed by atoms with Gasteiger partial charge in [-0.1, -0.05) is 31.2 Å². The minimum Gasteiger partial charge on any atom is -0.346 e. The summed E-state index contributed by atoms with van der Waals surface area (Å²) in [6.45, 7) is 10.5. The van der Waals surface area contributed by atoms with Crippen molar-refractivity contribution < 1.29 is 4.79 Å². The van der Waals surface area contributed by atoms with E-state index in [1.165, 1.54) is 0 Å². The number of imidazole rings is 1. The number of nitrogens with one attached hydrogen (secondary N) is 1. The zero-order chi connectivity index (χ0) is 14.7. The highest BCUT2D eigenvalue weighted by atomic mass is 16.1. The number of aromatic nitrogens is 2. The third kappa shape index (κ3) is 2.90. The number of carbonyl (C=O) groups is 1. The molecule has 0 saturated heterocycles. The topological polar surface area (TPSA) is 46.9 Å². The molecule has 0 aliphatic carbocycles. The number of nitrogens with zero attached hydrogens (tertiary/aromatic N) is 2. The lowest BCUT2D eigenvalue weighted by Crippen LogP contribution is -2.28. The van der Waals surface area contributed by atoms with Gasteiger partial charge in [-0.2, -0.15) is 0 Å². The molecule has 1 amide bonds. The lowest BCUT2D eigenvalue weighted by molar-refractivity contribution is -0.121.